The fourth-order valence-corrected chi connectivity index (χ4v) is 8.78. The van der Waals surface area contributed by atoms with Crippen LogP contribution in [0.2, 0.25) is 0 Å². The highest BCUT2D eigenvalue weighted by Gasteiger charge is 2.39. The van der Waals surface area contributed by atoms with Crippen molar-refractivity contribution < 1.29 is 23.9 Å². The van der Waals surface area contributed by atoms with Gasteiger partial charge in [-0.2, -0.15) is 4.98 Å². The number of fused-ring (bicyclic) bond motifs is 2. The lowest BCUT2D eigenvalue weighted by atomic mass is 9.93. The Kier molecular flexibility index (Phi) is 9.18. The normalized spacial score (nSPS) is 18.8. The van der Waals surface area contributed by atoms with Crippen molar-refractivity contribution in [2.24, 2.45) is 5.14 Å². The van der Waals surface area contributed by atoms with Gasteiger partial charge in [0.25, 0.3) is 5.91 Å². The van der Waals surface area contributed by atoms with E-state index in [-0.39, 0.29) is 48.4 Å². The number of benzene rings is 3. The molecule has 0 bridgehead atoms. The molecule has 2 amide bonds. The zero-order valence-corrected chi connectivity index (χ0v) is 27.2. The number of rotatable bonds is 10. The first-order valence-electron chi connectivity index (χ1n) is 15.1. The minimum absolute atomic E-state index is 0.0839. The van der Waals surface area contributed by atoms with Gasteiger partial charge in [-0.3, -0.25) is 24.4 Å². The monoisotopic (exact) mass is 631 g/mol. The molecule has 10 nitrogen and oxygen atoms in total. The Balaban J connectivity index is 1.69. The number of β-amino-alcohol motifs (C(OH)–C–C–N with tert-alkyl or cyclic N) is 1. The second kappa shape index (κ2) is 12.8. The maximum absolute atomic E-state index is 14.6. The Morgan fingerprint density at radius 3 is 2.56 bits per heavy atom. The topological polar surface area (TPSA) is 151 Å². The van der Waals surface area contributed by atoms with Crippen LogP contribution in [-0.4, -0.2) is 58.2 Å². The van der Waals surface area contributed by atoms with Gasteiger partial charge in [0.05, 0.1) is 17.4 Å². The third kappa shape index (κ3) is 6.53. The second-order valence-electron chi connectivity index (χ2n) is 12.2. The van der Waals surface area contributed by atoms with Crippen LogP contribution in [0, 0.1) is 6.92 Å². The molecule has 3 aromatic carbocycles. The van der Waals surface area contributed by atoms with Crippen molar-refractivity contribution >= 4 is 50.6 Å². The van der Waals surface area contributed by atoms with Crippen LogP contribution < -0.4 is 20.7 Å². The second-order valence-corrected chi connectivity index (χ2v) is 15.0. The van der Waals surface area contributed by atoms with Gasteiger partial charge in [-0.15, -0.1) is 10.2 Å². The number of hydrogen-bond acceptors (Lipinski definition) is 8. The highest BCUT2D eigenvalue weighted by Crippen LogP contribution is 2.62. The molecule has 0 fully saturated rings. The molecule has 0 saturated carbocycles. The summed E-state index contributed by atoms with van der Waals surface area (Å²) < 4.78 is 6.05. The summed E-state index contributed by atoms with van der Waals surface area (Å²) in [5.74, 6) is -0.546. The SMILES string of the molecule is CCN(C(=O)c1cccc(C(=O)CC(C)(C)NC[C@@H](C)O)c1S1(N)CCC(=O)Nc2ccccc21)c1nc2c(C)cccc2o1. The van der Waals surface area contributed by atoms with Gasteiger partial charge < -0.3 is 20.2 Å². The number of oxazole rings is 1. The van der Waals surface area contributed by atoms with Crippen molar-refractivity contribution in [2.45, 2.75) is 68.9 Å². The molecule has 0 spiro atoms. The molecule has 4 aromatic rings. The number of carbonyl (C=O) groups is 3. The van der Waals surface area contributed by atoms with Crippen molar-refractivity contribution in [3.8, 4) is 0 Å². The van der Waals surface area contributed by atoms with Crippen molar-refractivity contribution in [3.05, 3.63) is 77.4 Å². The summed E-state index contributed by atoms with van der Waals surface area (Å²) >= 11 is 0. The maximum atomic E-state index is 14.6. The van der Waals surface area contributed by atoms with Gasteiger partial charge in [0.1, 0.15) is 5.52 Å². The van der Waals surface area contributed by atoms with Crippen molar-refractivity contribution in [1.29, 1.82) is 0 Å². The van der Waals surface area contributed by atoms with E-state index in [2.05, 4.69) is 15.6 Å². The van der Waals surface area contributed by atoms with Crippen LogP contribution in [0.1, 0.15) is 66.8 Å². The number of carbonyl (C=O) groups excluding carboxylic acids is 3. The van der Waals surface area contributed by atoms with E-state index in [0.29, 0.717) is 38.7 Å². The Morgan fingerprint density at radius 2 is 1.84 bits per heavy atom. The lowest BCUT2D eigenvalue weighted by molar-refractivity contribution is -0.115. The molecule has 1 aliphatic rings. The Bertz CT molecular complexity index is 1770. The molecule has 238 valence electrons. The minimum atomic E-state index is -2.60. The van der Waals surface area contributed by atoms with Crippen LogP contribution in [0.15, 0.2) is 74.9 Å². The van der Waals surface area contributed by atoms with Crippen molar-refractivity contribution in [1.82, 2.24) is 10.3 Å². The number of ketones is 1. The maximum Gasteiger partial charge on any atom is 0.305 e. The average Bonchev–Trinajstić information content (AvgIpc) is 3.38. The van der Waals surface area contributed by atoms with Crippen LogP contribution in [0.3, 0.4) is 0 Å². The van der Waals surface area contributed by atoms with E-state index in [4.69, 9.17) is 9.56 Å². The number of aromatic nitrogens is 1. The van der Waals surface area contributed by atoms with Gasteiger partial charge in [0.2, 0.25) is 5.91 Å². The molecule has 1 aliphatic heterocycles. The lowest BCUT2D eigenvalue weighted by Gasteiger charge is -2.39. The van der Waals surface area contributed by atoms with E-state index < -0.39 is 27.8 Å². The first-order chi connectivity index (χ1) is 21.3. The summed E-state index contributed by atoms with van der Waals surface area (Å²) in [6.45, 7) is 9.79. The number of aliphatic hydroxyl groups excluding tert-OH is 1. The number of aliphatic hydroxyl groups is 1. The van der Waals surface area contributed by atoms with Gasteiger partial charge in [-0.1, -0.05) is 36.4 Å². The Morgan fingerprint density at radius 1 is 1.13 bits per heavy atom. The molecular formula is C34H41N5O5S. The number of Topliss-reactive ketones (excluding diaryl/α,β-unsaturated/α-hetero) is 1. The molecule has 0 radical (unpaired) electrons. The minimum Gasteiger partial charge on any atom is -0.423 e. The lowest BCUT2D eigenvalue weighted by Crippen LogP contribution is -2.44. The molecule has 2 heterocycles. The van der Waals surface area contributed by atoms with E-state index in [1.54, 1.807) is 37.3 Å². The number of aryl methyl sites for hydroxylation is 1. The van der Waals surface area contributed by atoms with E-state index in [0.717, 1.165) is 5.56 Å². The number of nitrogens with one attached hydrogen (secondary N) is 2. The van der Waals surface area contributed by atoms with Gasteiger partial charge in [-0.05, 0) is 64.4 Å². The van der Waals surface area contributed by atoms with Crippen LogP contribution in [0.5, 0.6) is 0 Å². The smallest absolute Gasteiger partial charge is 0.305 e. The number of hydrogen-bond donors (Lipinski definition) is 4. The molecule has 0 aliphatic carbocycles. The predicted octanol–water partition coefficient (Wildman–Crippen LogP) is 5.56. The molecule has 5 rings (SSSR count). The number of para-hydroxylation sites is 2. The van der Waals surface area contributed by atoms with Crippen LogP contribution in [0.4, 0.5) is 11.7 Å². The van der Waals surface area contributed by atoms with Crippen LogP contribution in [-0.2, 0) is 4.79 Å². The summed E-state index contributed by atoms with van der Waals surface area (Å²) in [4.78, 5) is 48.9. The van der Waals surface area contributed by atoms with E-state index >= 15 is 0 Å². The molecule has 0 saturated heterocycles. The largest absolute Gasteiger partial charge is 0.423 e. The Labute approximate surface area is 264 Å². The van der Waals surface area contributed by atoms with E-state index in [1.165, 1.54) is 4.90 Å². The number of anilines is 2. The zero-order chi connectivity index (χ0) is 32.5. The molecular weight excluding hydrogens is 590 g/mol. The van der Waals surface area contributed by atoms with E-state index in [9.17, 15) is 19.5 Å². The van der Waals surface area contributed by atoms with Gasteiger partial charge in [0, 0.05) is 52.6 Å². The number of amides is 2. The van der Waals surface area contributed by atoms with Crippen molar-refractivity contribution in [2.75, 3.05) is 29.1 Å². The van der Waals surface area contributed by atoms with Gasteiger partial charge in [-0.25, -0.2) is 0 Å². The predicted molar refractivity (Wildman–Crippen MR) is 178 cm³/mol. The molecule has 1 unspecified atom stereocenters. The first kappa shape index (κ1) is 32.4. The quantitative estimate of drug-likeness (QED) is 0.166. The summed E-state index contributed by atoms with van der Waals surface area (Å²) in [5.41, 5.74) is 2.65. The zero-order valence-electron chi connectivity index (χ0n) is 26.3. The summed E-state index contributed by atoms with van der Waals surface area (Å²) in [6.07, 6.45) is -0.378. The number of nitrogens with two attached hydrogens (primary N) is 1. The third-order valence-corrected chi connectivity index (χ3v) is 11.2. The summed E-state index contributed by atoms with van der Waals surface area (Å²) in [6, 6.07) is 18.2. The molecule has 1 aromatic heterocycles. The summed E-state index contributed by atoms with van der Waals surface area (Å²) in [5, 5.41) is 23.5. The first-order valence-corrected chi connectivity index (χ1v) is 17.0. The fourth-order valence-electron chi connectivity index (χ4n) is 5.68. The molecule has 2 atom stereocenters. The fraction of sp³-hybridized carbons (Fsp3) is 0.353. The van der Waals surface area contributed by atoms with E-state index in [1.807, 2.05) is 58.0 Å². The van der Waals surface area contributed by atoms with Crippen LogP contribution in [0.25, 0.3) is 11.1 Å². The molecule has 45 heavy (non-hydrogen) atoms. The molecule has 5 N–H and O–H groups in total. The van der Waals surface area contributed by atoms with Crippen LogP contribution >= 0.6 is 10.2 Å². The summed E-state index contributed by atoms with van der Waals surface area (Å²) in [7, 11) is -2.60. The highest BCUT2D eigenvalue weighted by atomic mass is 32.3. The number of nitrogens with zero attached hydrogens (tertiary/aromatic N) is 2. The molecule has 11 heteroatoms. The Hall–Kier alpha value is -4.03. The van der Waals surface area contributed by atoms with Gasteiger partial charge >= 0.3 is 6.01 Å². The average molecular weight is 632 g/mol. The standard InChI is InChI=1S/C34H41N5O5S/c1-6-39(33-38-30-21(2)11-9-15-27(30)44-33)32(43)24-13-10-12-23(26(41)19-34(4,5)36-20-22(3)40)31(24)45(35)18-17-29(42)37-25-14-7-8-16-28(25)45/h7-16,22,36,40H,6,17-20,35H2,1-5H3,(H,37,42)/t22-/m1/s1. The highest BCUT2D eigenvalue weighted by molar-refractivity contribution is 8.32. The van der Waals surface area contributed by atoms with Gasteiger partial charge in [0.15, 0.2) is 11.4 Å². The van der Waals surface area contributed by atoms with Crippen molar-refractivity contribution in [3.63, 3.8) is 0 Å². The third-order valence-electron chi connectivity index (χ3n) is 8.00.